The van der Waals surface area contributed by atoms with E-state index >= 15 is 0 Å². The second kappa shape index (κ2) is 8.99. The standard InChI is InChI=1S/C23H25N5O3/c1-15-5-6-21(31-2)19(12-15)25-22(29)17-4-3-11-28(14-17)23(30)20-13-18(26-27-20)16-7-9-24-10-8-16/h5-10,12-13,17H,3-4,11,14H2,1-2H3,(H,25,29)(H,26,27)/t17-/m0/s1. The van der Waals surface area contributed by atoms with Crippen LogP contribution in [0.5, 0.6) is 5.75 Å². The molecule has 8 nitrogen and oxygen atoms in total. The third-order valence-electron chi connectivity index (χ3n) is 5.48. The highest BCUT2D eigenvalue weighted by atomic mass is 16.5. The lowest BCUT2D eigenvalue weighted by molar-refractivity contribution is -0.121. The van der Waals surface area contributed by atoms with Crippen LogP contribution >= 0.6 is 0 Å². The molecule has 160 valence electrons. The molecule has 8 heteroatoms. The lowest BCUT2D eigenvalue weighted by Crippen LogP contribution is -2.43. The Morgan fingerprint density at radius 3 is 2.77 bits per heavy atom. The number of likely N-dealkylation sites (tertiary alicyclic amines) is 1. The fourth-order valence-electron chi connectivity index (χ4n) is 3.80. The summed E-state index contributed by atoms with van der Waals surface area (Å²) in [4.78, 5) is 31.6. The SMILES string of the molecule is COc1ccc(C)cc1NC(=O)[C@H]1CCCN(C(=O)c2cc(-c3ccncc3)n[nH]2)C1. The molecular weight excluding hydrogens is 394 g/mol. The predicted molar refractivity (Wildman–Crippen MR) is 117 cm³/mol. The summed E-state index contributed by atoms with van der Waals surface area (Å²) in [5.41, 5.74) is 3.65. The Morgan fingerprint density at radius 1 is 1.19 bits per heavy atom. The van der Waals surface area contributed by atoms with Crippen molar-refractivity contribution in [2.75, 3.05) is 25.5 Å². The van der Waals surface area contributed by atoms with Gasteiger partial charge in [-0.3, -0.25) is 19.7 Å². The van der Waals surface area contributed by atoms with Gasteiger partial charge >= 0.3 is 0 Å². The minimum atomic E-state index is -0.287. The fourth-order valence-corrected chi connectivity index (χ4v) is 3.80. The Labute approximate surface area is 180 Å². The average Bonchev–Trinajstić information content (AvgIpc) is 3.30. The van der Waals surface area contributed by atoms with Crippen molar-refractivity contribution in [2.45, 2.75) is 19.8 Å². The van der Waals surface area contributed by atoms with Crippen LogP contribution < -0.4 is 10.1 Å². The molecule has 2 amide bonds. The Balaban J connectivity index is 1.44. The van der Waals surface area contributed by atoms with Crippen LogP contribution in [0.15, 0.2) is 48.8 Å². The zero-order chi connectivity index (χ0) is 21.8. The molecule has 4 rings (SSSR count). The molecule has 1 aliphatic heterocycles. The van der Waals surface area contributed by atoms with Crippen LogP contribution in [-0.2, 0) is 4.79 Å². The topological polar surface area (TPSA) is 100 Å². The van der Waals surface area contributed by atoms with Crippen LogP contribution in [0.4, 0.5) is 5.69 Å². The van der Waals surface area contributed by atoms with Gasteiger partial charge in [0.2, 0.25) is 5.91 Å². The monoisotopic (exact) mass is 419 g/mol. The van der Waals surface area contributed by atoms with E-state index in [1.54, 1.807) is 30.5 Å². The highest BCUT2D eigenvalue weighted by molar-refractivity contribution is 5.96. The molecule has 0 saturated carbocycles. The predicted octanol–water partition coefficient (Wildman–Crippen LogP) is 3.28. The van der Waals surface area contributed by atoms with Crippen molar-refractivity contribution in [1.29, 1.82) is 0 Å². The summed E-state index contributed by atoms with van der Waals surface area (Å²) in [6.45, 7) is 2.93. The molecule has 0 bridgehead atoms. The number of carbonyl (C=O) groups is 2. The van der Waals surface area contributed by atoms with Gasteiger partial charge in [0.05, 0.1) is 24.4 Å². The van der Waals surface area contributed by atoms with Gasteiger partial charge in [0.25, 0.3) is 5.91 Å². The van der Waals surface area contributed by atoms with Crippen LogP contribution in [0.2, 0.25) is 0 Å². The zero-order valence-electron chi connectivity index (χ0n) is 17.6. The zero-order valence-corrected chi connectivity index (χ0v) is 17.6. The molecular formula is C23H25N5O3. The van der Waals surface area contributed by atoms with Crippen molar-refractivity contribution in [3.63, 3.8) is 0 Å². The van der Waals surface area contributed by atoms with Crippen molar-refractivity contribution in [1.82, 2.24) is 20.1 Å². The van der Waals surface area contributed by atoms with Crippen LogP contribution in [-0.4, -0.2) is 52.1 Å². The Morgan fingerprint density at radius 2 is 2.00 bits per heavy atom. The van der Waals surface area contributed by atoms with E-state index in [-0.39, 0.29) is 17.7 Å². The number of nitrogens with zero attached hydrogens (tertiary/aromatic N) is 3. The number of rotatable bonds is 5. The first-order valence-electron chi connectivity index (χ1n) is 10.3. The molecule has 1 aliphatic rings. The van der Waals surface area contributed by atoms with Crippen LogP contribution in [0.25, 0.3) is 11.3 Å². The van der Waals surface area contributed by atoms with Gasteiger partial charge in [-0.1, -0.05) is 6.07 Å². The molecule has 2 aromatic heterocycles. The lowest BCUT2D eigenvalue weighted by atomic mass is 9.96. The third kappa shape index (κ3) is 4.58. The van der Waals surface area contributed by atoms with E-state index in [1.165, 1.54) is 0 Å². The van der Waals surface area contributed by atoms with Crippen LogP contribution in [0, 0.1) is 12.8 Å². The lowest BCUT2D eigenvalue weighted by Gasteiger charge is -2.31. The number of anilines is 1. The number of nitrogens with one attached hydrogen (secondary N) is 2. The van der Waals surface area contributed by atoms with E-state index in [9.17, 15) is 9.59 Å². The summed E-state index contributed by atoms with van der Waals surface area (Å²) in [7, 11) is 1.58. The van der Waals surface area contributed by atoms with Crippen molar-refractivity contribution in [2.24, 2.45) is 5.92 Å². The molecule has 31 heavy (non-hydrogen) atoms. The summed E-state index contributed by atoms with van der Waals surface area (Å²) in [6.07, 6.45) is 4.86. The normalized spacial score (nSPS) is 16.1. The Kier molecular flexibility index (Phi) is 5.97. The first-order chi connectivity index (χ1) is 15.0. The number of methoxy groups -OCH3 is 1. The number of ether oxygens (including phenoxy) is 1. The molecule has 1 aromatic carbocycles. The number of aromatic nitrogens is 3. The summed E-state index contributed by atoms with van der Waals surface area (Å²) in [5, 5.41) is 10.0. The van der Waals surface area contributed by atoms with Crippen molar-refractivity contribution >= 4 is 17.5 Å². The maximum absolute atomic E-state index is 13.0. The number of benzene rings is 1. The molecule has 0 unspecified atom stereocenters. The number of aryl methyl sites for hydroxylation is 1. The number of H-pyrrole nitrogens is 1. The number of carbonyl (C=O) groups excluding carboxylic acids is 2. The van der Waals surface area contributed by atoms with E-state index in [0.717, 1.165) is 24.0 Å². The second-order valence-corrected chi connectivity index (χ2v) is 7.69. The Bertz CT molecular complexity index is 1080. The number of aromatic amines is 1. The second-order valence-electron chi connectivity index (χ2n) is 7.69. The number of amides is 2. The third-order valence-corrected chi connectivity index (χ3v) is 5.48. The van der Waals surface area contributed by atoms with E-state index in [1.807, 2.05) is 37.3 Å². The summed E-state index contributed by atoms with van der Waals surface area (Å²) in [6, 6.07) is 11.1. The molecule has 1 saturated heterocycles. The van der Waals surface area contributed by atoms with Crippen molar-refractivity contribution in [3.8, 4) is 17.0 Å². The summed E-state index contributed by atoms with van der Waals surface area (Å²) < 4.78 is 5.35. The fraction of sp³-hybridized carbons (Fsp3) is 0.304. The number of hydrogen-bond acceptors (Lipinski definition) is 5. The minimum absolute atomic E-state index is 0.108. The number of pyridine rings is 1. The Hall–Kier alpha value is -3.68. The van der Waals surface area contributed by atoms with E-state index < -0.39 is 0 Å². The van der Waals surface area contributed by atoms with Crippen LogP contribution in [0.3, 0.4) is 0 Å². The molecule has 1 atom stereocenters. The number of hydrogen-bond donors (Lipinski definition) is 2. The van der Waals surface area contributed by atoms with E-state index in [2.05, 4.69) is 20.5 Å². The highest BCUT2D eigenvalue weighted by Crippen LogP contribution is 2.27. The van der Waals surface area contributed by atoms with Gasteiger partial charge in [-0.15, -0.1) is 0 Å². The number of piperidine rings is 1. The highest BCUT2D eigenvalue weighted by Gasteiger charge is 2.30. The maximum atomic E-state index is 13.0. The van der Waals surface area contributed by atoms with Crippen molar-refractivity contribution in [3.05, 3.63) is 60.0 Å². The summed E-state index contributed by atoms with van der Waals surface area (Å²) in [5.74, 6) is 0.0660. The quantitative estimate of drug-likeness (QED) is 0.661. The van der Waals surface area contributed by atoms with Gasteiger partial charge in [0.15, 0.2) is 0 Å². The van der Waals surface area contributed by atoms with Gasteiger partial charge in [0.1, 0.15) is 11.4 Å². The molecule has 0 aliphatic carbocycles. The molecule has 3 aromatic rings. The molecule has 0 radical (unpaired) electrons. The molecule has 3 heterocycles. The maximum Gasteiger partial charge on any atom is 0.271 e. The average molecular weight is 419 g/mol. The van der Waals surface area contributed by atoms with Gasteiger partial charge in [0, 0.05) is 31.0 Å². The van der Waals surface area contributed by atoms with E-state index in [4.69, 9.17) is 4.74 Å². The van der Waals surface area contributed by atoms with Gasteiger partial charge in [-0.2, -0.15) is 5.10 Å². The van der Waals surface area contributed by atoms with Gasteiger partial charge in [-0.05, 0) is 55.7 Å². The first kappa shape index (κ1) is 20.6. The molecule has 2 N–H and O–H groups in total. The van der Waals surface area contributed by atoms with Gasteiger partial charge < -0.3 is 15.0 Å². The first-order valence-corrected chi connectivity index (χ1v) is 10.3. The smallest absolute Gasteiger partial charge is 0.271 e. The van der Waals surface area contributed by atoms with Crippen molar-refractivity contribution < 1.29 is 14.3 Å². The van der Waals surface area contributed by atoms with Gasteiger partial charge in [-0.25, -0.2) is 0 Å². The van der Waals surface area contributed by atoms with Crippen LogP contribution in [0.1, 0.15) is 28.9 Å². The molecule has 0 spiro atoms. The largest absolute Gasteiger partial charge is 0.495 e. The summed E-state index contributed by atoms with van der Waals surface area (Å²) >= 11 is 0. The van der Waals surface area contributed by atoms with E-state index in [0.29, 0.717) is 35.9 Å². The molecule has 1 fully saturated rings. The minimum Gasteiger partial charge on any atom is -0.495 e.